The van der Waals surface area contributed by atoms with Crippen molar-refractivity contribution in [2.24, 2.45) is 0 Å². The Labute approximate surface area is 207 Å². The second-order valence-electron chi connectivity index (χ2n) is 9.51. The lowest BCUT2D eigenvalue weighted by Crippen LogP contribution is -2.62. The Balaban J connectivity index is 1.48. The average Bonchev–Trinajstić information content (AvgIpc) is 3.19. The minimum Gasteiger partial charge on any atom is -0.491 e. The molecule has 4 rings (SSSR count). The smallest absolute Gasteiger partial charge is 0.256 e. The highest BCUT2D eigenvalue weighted by molar-refractivity contribution is 5.87. The van der Waals surface area contributed by atoms with Crippen molar-refractivity contribution >= 4 is 11.8 Å². The highest BCUT2D eigenvalue weighted by Crippen LogP contribution is 2.30. The number of aryl methyl sites for hydroxylation is 3. The van der Waals surface area contributed by atoms with Crippen LogP contribution in [0.3, 0.4) is 0 Å². The third-order valence-electron chi connectivity index (χ3n) is 7.24. The fourth-order valence-corrected chi connectivity index (χ4v) is 5.17. The number of nitrogens with zero attached hydrogens (tertiary/aromatic N) is 3. The molecular formula is C27H37N3O5. The molecule has 2 aliphatic rings. The molecular weight excluding hydrogens is 446 g/mol. The molecule has 8 nitrogen and oxygen atoms in total. The van der Waals surface area contributed by atoms with Crippen LogP contribution in [0.5, 0.6) is 5.75 Å². The number of hydrogen-bond acceptors (Lipinski definition) is 6. The first kappa shape index (κ1) is 25.2. The predicted molar refractivity (Wildman–Crippen MR) is 131 cm³/mol. The number of likely N-dealkylation sites (N-methyl/N-ethyl adjacent to an activating group) is 1. The Kier molecular flexibility index (Phi) is 8.11. The molecule has 1 fully saturated rings. The van der Waals surface area contributed by atoms with Gasteiger partial charge in [-0.2, -0.15) is 0 Å². The molecule has 1 aromatic carbocycles. The third kappa shape index (κ3) is 5.69. The molecule has 2 aromatic rings. The van der Waals surface area contributed by atoms with Crippen molar-refractivity contribution in [3.8, 4) is 5.75 Å². The van der Waals surface area contributed by atoms with Crippen molar-refractivity contribution in [3.63, 3.8) is 0 Å². The summed E-state index contributed by atoms with van der Waals surface area (Å²) in [5.74, 6) is 1.65. The topological polar surface area (TPSA) is 85.1 Å². The number of amides is 2. The van der Waals surface area contributed by atoms with E-state index in [9.17, 15) is 9.59 Å². The van der Waals surface area contributed by atoms with Crippen molar-refractivity contribution in [1.82, 2.24) is 15.0 Å². The average molecular weight is 484 g/mol. The van der Waals surface area contributed by atoms with Crippen LogP contribution in [0.1, 0.15) is 55.2 Å². The molecule has 0 saturated carbocycles. The second kappa shape index (κ2) is 11.2. The molecule has 0 N–H and O–H groups in total. The number of hydrogen-bond donors (Lipinski definition) is 0. The maximum Gasteiger partial charge on any atom is 0.256 e. The van der Waals surface area contributed by atoms with Crippen LogP contribution >= 0.6 is 0 Å². The minimum absolute atomic E-state index is 0.0342. The van der Waals surface area contributed by atoms with Crippen molar-refractivity contribution < 1.29 is 23.6 Å². The van der Waals surface area contributed by atoms with Crippen LogP contribution in [0.25, 0.3) is 0 Å². The first-order valence-electron chi connectivity index (χ1n) is 12.8. The normalized spacial score (nSPS) is 21.7. The van der Waals surface area contributed by atoms with Crippen molar-refractivity contribution in [2.45, 2.75) is 64.9 Å². The van der Waals surface area contributed by atoms with Gasteiger partial charge in [-0.3, -0.25) is 9.59 Å². The number of benzene rings is 1. The number of carbonyl (C=O) groups is 2. The standard InChI is InChI=1S/C27H37N3O5/c1-4-29-15-17-33-24-11-6-5-9-22(24)10-7-8-14-27(26(29)32)19-30(16-18-34-27)25(31)13-12-23-20(2)28-35-21(23)3/h5-6,9,11H,4,7-8,10,12-19H2,1-3H3. The molecule has 0 radical (unpaired) electrons. The van der Waals surface area contributed by atoms with Gasteiger partial charge in [0.05, 0.1) is 25.4 Å². The summed E-state index contributed by atoms with van der Waals surface area (Å²) in [7, 11) is 0. The number of fused-ring (bicyclic) bond motifs is 1. The van der Waals surface area contributed by atoms with E-state index in [1.54, 1.807) is 0 Å². The number of para-hydroxylation sites is 1. The molecule has 1 aromatic heterocycles. The first-order valence-corrected chi connectivity index (χ1v) is 12.8. The maximum absolute atomic E-state index is 13.8. The third-order valence-corrected chi connectivity index (χ3v) is 7.24. The predicted octanol–water partition coefficient (Wildman–Crippen LogP) is 3.48. The number of ether oxygens (including phenoxy) is 2. The second-order valence-corrected chi connectivity index (χ2v) is 9.51. The highest BCUT2D eigenvalue weighted by Gasteiger charge is 2.46. The molecule has 3 heterocycles. The van der Waals surface area contributed by atoms with Gasteiger partial charge >= 0.3 is 0 Å². The fraction of sp³-hybridized carbons (Fsp3) is 0.593. The summed E-state index contributed by atoms with van der Waals surface area (Å²) < 4.78 is 17.5. The molecule has 8 heteroatoms. The Bertz CT molecular complexity index is 1020. The molecule has 1 spiro atoms. The fourth-order valence-electron chi connectivity index (χ4n) is 5.17. The molecule has 1 unspecified atom stereocenters. The van der Waals surface area contributed by atoms with Gasteiger partial charge in [-0.05, 0) is 64.5 Å². The van der Waals surface area contributed by atoms with E-state index < -0.39 is 5.60 Å². The lowest BCUT2D eigenvalue weighted by Gasteiger charge is -2.44. The zero-order valence-electron chi connectivity index (χ0n) is 21.2. The summed E-state index contributed by atoms with van der Waals surface area (Å²) in [6.45, 7) is 8.36. The van der Waals surface area contributed by atoms with Gasteiger partial charge in [0.25, 0.3) is 5.91 Å². The summed E-state index contributed by atoms with van der Waals surface area (Å²) >= 11 is 0. The Hall–Kier alpha value is -2.87. The molecule has 0 bridgehead atoms. The summed E-state index contributed by atoms with van der Waals surface area (Å²) in [5, 5.41) is 3.99. The van der Waals surface area contributed by atoms with Gasteiger partial charge in [-0.1, -0.05) is 23.4 Å². The summed E-state index contributed by atoms with van der Waals surface area (Å²) in [6, 6.07) is 8.12. The summed E-state index contributed by atoms with van der Waals surface area (Å²) in [5.41, 5.74) is 2.00. The number of morpholine rings is 1. The van der Waals surface area contributed by atoms with E-state index in [2.05, 4.69) is 11.2 Å². The Morgan fingerprint density at radius 2 is 1.97 bits per heavy atom. The molecule has 0 aliphatic carbocycles. The number of aromatic nitrogens is 1. The number of carbonyl (C=O) groups excluding carboxylic acids is 2. The molecule has 2 aliphatic heterocycles. The Morgan fingerprint density at radius 3 is 2.74 bits per heavy atom. The zero-order valence-corrected chi connectivity index (χ0v) is 21.2. The largest absolute Gasteiger partial charge is 0.491 e. The molecule has 190 valence electrons. The van der Waals surface area contributed by atoms with Crippen LogP contribution in [0.2, 0.25) is 0 Å². The van der Waals surface area contributed by atoms with Crippen LogP contribution in [-0.4, -0.2) is 71.8 Å². The SMILES string of the molecule is CCN1CCOc2ccccc2CCCCC2(CN(C(=O)CCc3c(C)noc3C)CCO2)C1=O. The maximum atomic E-state index is 13.8. The molecule has 1 atom stereocenters. The van der Waals surface area contributed by atoms with Gasteiger partial charge in [0, 0.05) is 25.1 Å². The molecule has 1 saturated heterocycles. The van der Waals surface area contributed by atoms with Crippen LogP contribution < -0.4 is 4.74 Å². The van der Waals surface area contributed by atoms with E-state index in [-0.39, 0.29) is 11.8 Å². The highest BCUT2D eigenvalue weighted by atomic mass is 16.5. The molecule has 2 amide bonds. The Morgan fingerprint density at radius 1 is 1.14 bits per heavy atom. The van der Waals surface area contributed by atoms with E-state index in [0.717, 1.165) is 42.0 Å². The summed E-state index contributed by atoms with van der Waals surface area (Å²) in [4.78, 5) is 30.6. The van der Waals surface area contributed by atoms with Crippen LogP contribution in [0.15, 0.2) is 28.8 Å². The number of rotatable bonds is 4. The van der Waals surface area contributed by atoms with E-state index >= 15 is 0 Å². The quantitative estimate of drug-likeness (QED) is 0.662. The van der Waals surface area contributed by atoms with Gasteiger partial charge in [0.15, 0.2) is 5.60 Å². The van der Waals surface area contributed by atoms with Crippen LogP contribution in [-0.2, 0) is 27.2 Å². The van der Waals surface area contributed by atoms with Gasteiger partial charge in [-0.15, -0.1) is 0 Å². The van der Waals surface area contributed by atoms with E-state index in [1.807, 2.05) is 48.8 Å². The first-order chi connectivity index (χ1) is 16.9. The van der Waals surface area contributed by atoms with Gasteiger partial charge in [-0.25, -0.2) is 0 Å². The van der Waals surface area contributed by atoms with Crippen molar-refractivity contribution in [3.05, 3.63) is 46.8 Å². The van der Waals surface area contributed by atoms with Gasteiger partial charge in [0.1, 0.15) is 18.1 Å². The van der Waals surface area contributed by atoms with Crippen molar-refractivity contribution in [1.29, 1.82) is 0 Å². The lowest BCUT2D eigenvalue weighted by molar-refractivity contribution is -0.176. The molecule has 35 heavy (non-hydrogen) atoms. The van der Waals surface area contributed by atoms with E-state index in [4.69, 9.17) is 14.0 Å². The van der Waals surface area contributed by atoms with Crippen LogP contribution in [0, 0.1) is 13.8 Å². The lowest BCUT2D eigenvalue weighted by atomic mass is 9.90. The van der Waals surface area contributed by atoms with Crippen molar-refractivity contribution in [2.75, 3.05) is 39.4 Å². The summed E-state index contributed by atoms with van der Waals surface area (Å²) in [6.07, 6.45) is 4.17. The minimum atomic E-state index is -1.01. The van der Waals surface area contributed by atoms with Crippen LogP contribution in [0.4, 0.5) is 0 Å². The van der Waals surface area contributed by atoms with Gasteiger partial charge in [0.2, 0.25) is 5.91 Å². The zero-order chi connectivity index (χ0) is 24.8. The van der Waals surface area contributed by atoms with E-state index in [0.29, 0.717) is 58.7 Å². The van der Waals surface area contributed by atoms with E-state index in [1.165, 1.54) is 5.56 Å². The monoisotopic (exact) mass is 483 g/mol. The van der Waals surface area contributed by atoms with Gasteiger partial charge < -0.3 is 23.8 Å².